The number of anilines is 2. The zero-order valence-electron chi connectivity index (χ0n) is 19.6. The molecule has 0 aliphatic heterocycles. The monoisotopic (exact) mass is 502 g/mol. The fraction of sp³-hybridized carbons (Fsp3) is 0.238. The van der Waals surface area contributed by atoms with E-state index in [9.17, 15) is 13.2 Å². The van der Waals surface area contributed by atoms with Gasteiger partial charge in [-0.3, -0.25) is 18.6 Å². The summed E-state index contributed by atoms with van der Waals surface area (Å²) in [6.07, 6.45) is 5.45. The molecule has 0 unspecified atom stereocenters. The van der Waals surface area contributed by atoms with E-state index in [1.165, 1.54) is 53.6 Å². The molecule has 3 aromatic heterocycles. The molecule has 2 N–H and O–H groups in total. The molecule has 0 saturated heterocycles. The number of fused-ring (bicyclic) bond motifs is 1. The lowest BCUT2D eigenvalue weighted by Crippen LogP contribution is -2.23. The number of halogens is 1. The summed E-state index contributed by atoms with van der Waals surface area (Å²) in [6.45, 7) is 0. The number of aryl methyl sites for hydroxylation is 1. The Morgan fingerprint density at radius 1 is 1.20 bits per heavy atom. The van der Waals surface area contributed by atoms with E-state index in [2.05, 4.69) is 25.1 Å². The van der Waals surface area contributed by atoms with Gasteiger partial charge in [-0.1, -0.05) is 0 Å². The van der Waals surface area contributed by atoms with Crippen molar-refractivity contribution in [3.05, 3.63) is 48.4 Å². The van der Waals surface area contributed by atoms with Crippen molar-refractivity contribution in [1.82, 2.24) is 29.0 Å². The SMILES string of the molecule is CNc1nc(C(=O)N(C)C)cn2c(-c3cc(F)c(OC)c(NS(=O)(=O)c4cnn(C)c4)c3)cnc12. The van der Waals surface area contributed by atoms with Crippen molar-refractivity contribution in [1.29, 1.82) is 0 Å². The summed E-state index contributed by atoms with van der Waals surface area (Å²) in [5, 5.41) is 6.77. The van der Waals surface area contributed by atoms with Crippen LogP contribution in [0.4, 0.5) is 15.9 Å². The number of nitrogens with zero attached hydrogens (tertiary/aromatic N) is 6. The minimum Gasteiger partial charge on any atom is -0.492 e. The van der Waals surface area contributed by atoms with Crippen molar-refractivity contribution in [3.63, 3.8) is 0 Å². The number of nitrogens with one attached hydrogen (secondary N) is 2. The highest BCUT2D eigenvalue weighted by Gasteiger charge is 2.23. The molecule has 0 atom stereocenters. The standard InChI is InChI=1S/C21H23FN8O4S/c1-23-19-20-24-9-17(30(20)11-16(26-19)21(31)28(2)3)12-6-14(22)18(34-5)15(7-12)27-35(32,33)13-8-25-29(4)10-13/h6-11,27H,1-5H3,(H,23,26). The largest absolute Gasteiger partial charge is 0.492 e. The number of methoxy groups -OCH3 is 1. The Morgan fingerprint density at radius 3 is 2.54 bits per heavy atom. The van der Waals surface area contributed by atoms with Crippen molar-refractivity contribution in [2.45, 2.75) is 4.90 Å². The Hall–Kier alpha value is -4.20. The first-order valence-corrected chi connectivity index (χ1v) is 11.7. The highest BCUT2D eigenvalue weighted by Crippen LogP contribution is 2.35. The summed E-state index contributed by atoms with van der Waals surface area (Å²) >= 11 is 0. The normalized spacial score (nSPS) is 11.5. The van der Waals surface area contributed by atoms with Crippen LogP contribution >= 0.6 is 0 Å². The summed E-state index contributed by atoms with van der Waals surface area (Å²) < 4.78 is 51.2. The summed E-state index contributed by atoms with van der Waals surface area (Å²) in [5.41, 5.74) is 1.10. The lowest BCUT2D eigenvalue weighted by atomic mass is 10.1. The first-order valence-electron chi connectivity index (χ1n) is 10.2. The number of carbonyl (C=O) groups excluding carboxylic acids is 1. The lowest BCUT2D eigenvalue weighted by Gasteiger charge is -2.15. The molecule has 0 aliphatic carbocycles. The van der Waals surface area contributed by atoms with Gasteiger partial charge in [0.05, 0.1) is 30.9 Å². The molecule has 14 heteroatoms. The van der Waals surface area contributed by atoms with Crippen molar-refractivity contribution < 1.29 is 22.3 Å². The molecular weight excluding hydrogens is 479 g/mol. The zero-order valence-corrected chi connectivity index (χ0v) is 20.4. The van der Waals surface area contributed by atoms with Crippen LogP contribution in [0.15, 0.2) is 41.8 Å². The number of rotatable bonds is 7. The number of ether oxygens (including phenoxy) is 1. The molecule has 35 heavy (non-hydrogen) atoms. The van der Waals surface area contributed by atoms with Crippen LogP contribution in [-0.4, -0.2) is 71.6 Å². The number of benzene rings is 1. The molecule has 0 bridgehead atoms. The van der Waals surface area contributed by atoms with E-state index < -0.39 is 15.8 Å². The molecule has 0 spiro atoms. The second kappa shape index (κ2) is 8.87. The maximum absolute atomic E-state index is 15.1. The fourth-order valence-electron chi connectivity index (χ4n) is 3.47. The maximum atomic E-state index is 15.1. The second-order valence-corrected chi connectivity index (χ2v) is 9.44. The van der Waals surface area contributed by atoms with Crippen molar-refractivity contribution in [2.75, 3.05) is 38.3 Å². The van der Waals surface area contributed by atoms with Crippen molar-refractivity contribution in [3.8, 4) is 17.0 Å². The first-order chi connectivity index (χ1) is 16.6. The third-order valence-electron chi connectivity index (χ3n) is 5.13. The smallest absolute Gasteiger partial charge is 0.273 e. The third kappa shape index (κ3) is 4.35. The number of hydrogen-bond acceptors (Lipinski definition) is 8. The molecule has 4 aromatic rings. The van der Waals surface area contributed by atoms with Gasteiger partial charge in [-0.2, -0.15) is 5.10 Å². The van der Waals surface area contributed by atoms with Crippen molar-refractivity contribution in [2.24, 2.45) is 7.05 Å². The average molecular weight is 503 g/mol. The summed E-state index contributed by atoms with van der Waals surface area (Å²) in [5.74, 6) is -1.07. The van der Waals surface area contributed by atoms with E-state index in [0.29, 0.717) is 17.2 Å². The van der Waals surface area contributed by atoms with E-state index in [1.54, 1.807) is 32.6 Å². The van der Waals surface area contributed by atoms with Gasteiger partial charge in [0.2, 0.25) is 0 Å². The highest BCUT2D eigenvalue weighted by atomic mass is 32.2. The molecule has 12 nitrogen and oxygen atoms in total. The molecule has 4 rings (SSSR count). The van der Waals surface area contributed by atoms with E-state index in [1.807, 2.05) is 0 Å². The molecule has 0 fully saturated rings. The minimum absolute atomic E-state index is 0.0979. The number of amides is 1. The van der Waals surface area contributed by atoms with Crippen LogP contribution in [0, 0.1) is 5.82 Å². The van der Waals surface area contributed by atoms with Gasteiger partial charge in [0.1, 0.15) is 10.6 Å². The van der Waals surface area contributed by atoms with Gasteiger partial charge in [-0.25, -0.2) is 22.8 Å². The van der Waals surface area contributed by atoms with Crippen LogP contribution < -0.4 is 14.8 Å². The van der Waals surface area contributed by atoms with Crippen LogP contribution in [-0.2, 0) is 17.1 Å². The molecule has 0 aliphatic rings. The Kier molecular flexibility index (Phi) is 6.06. The van der Waals surface area contributed by atoms with Gasteiger partial charge < -0.3 is 15.0 Å². The number of imidazole rings is 1. The minimum atomic E-state index is -4.08. The summed E-state index contributed by atoms with van der Waals surface area (Å²) in [7, 11) is 3.57. The number of sulfonamides is 1. The van der Waals surface area contributed by atoms with Gasteiger partial charge >= 0.3 is 0 Å². The quantitative estimate of drug-likeness (QED) is 0.391. The third-order valence-corrected chi connectivity index (χ3v) is 6.45. The summed E-state index contributed by atoms with van der Waals surface area (Å²) in [4.78, 5) is 22.5. The van der Waals surface area contributed by atoms with E-state index in [0.717, 1.165) is 0 Å². The van der Waals surface area contributed by atoms with Crippen molar-refractivity contribution >= 4 is 33.1 Å². The van der Waals surface area contributed by atoms with Crippen LogP contribution in [0.5, 0.6) is 5.75 Å². The number of aromatic nitrogens is 5. The number of hydrogen-bond donors (Lipinski definition) is 2. The van der Waals surface area contributed by atoms with Gasteiger partial charge in [-0.05, 0) is 12.1 Å². The van der Waals surface area contributed by atoms with Gasteiger partial charge in [0.25, 0.3) is 15.9 Å². The van der Waals surface area contributed by atoms with E-state index in [-0.39, 0.29) is 33.5 Å². The molecule has 1 aromatic carbocycles. The van der Waals surface area contributed by atoms with Gasteiger partial charge in [-0.15, -0.1) is 0 Å². The van der Waals surface area contributed by atoms with Crippen LogP contribution in [0.3, 0.4) is 0 Å². The van der Waals surface area contributed by atoms with E-state index >= 15 is 4.39 Å². The predicted octanol–water partition coefficient (Wildman–Crippen LogP) is 1.82. The van der Waals surface area contributed by atoms with Crippen LogP contribution in [0.25, 0.3) is 16.9 Å². The average Bonchev–Trinajstić information content (AvgIpc) is 3.44. The molecule has 184 valence electrons. The predicted molar refractivity (Wildman–Crippen MR) is 127 cm³/mol. The second-order valence-electron chi connectivity index (χ2n) is 7.76. The maximum Gasteiger partial charge on any atom is 0.273 e. The van der Waals surface area contributed by atoms with Crippen LogP contribution in [0.2, 0.25) is 0 Å². The molecule has 0 saturated carbocycles. The lowest BCUT2D eigenvalue weighted by molar-refractivity contribution is 0.0821. The number of carbonyl (C=O) groups is 1. The molecular formula is C21H23FN8O4S. The Balaban J connectivity index is 1.88. The fourth-order valence-corrected chi connectivity index (χ4v) is 4.50. The van der Waals surface area contributed by atoms with Gasteiger partial charge in [0, 0.05) is 46.1 Å². The van der Waals surface area contributed by atoms with Crippen LogP contribution in [0.1, 0.15) is 10.5 Å². The van der Waals surface area contributed by atoms with Gasteiger partial charge in [0.15, 0.2) is 23.0 Å². The Labute approximate surface area is 200 Å². The topological polar surface area (TPSA) is 136 Å². The summed E-state index contributed by atoms with van der Waals surface area (Å²) in [6, 6.07) is 2.61. The Bertz CT molecular complexity index is 1540. The zero-order chi connectivity index (χ0) is 25.5. The molecule has 3 heterocycles. The first kappa shape index (κ1) is 23.9. The Morgan fingerprint density at radius 2 is 1.94 bits per heavy atom. The molecule has 0 radical (unpaired) electrons. The highest BCUT2D eigenvalue weighted by molar-refractivity contribution is 7.92. The van der Waals surface area contributed by atoms with E-state index in [4.69, 9.17) is 4.74 Å². The molecule has 1 amide bonds.